The number of nitrogens with one attached hydrogen (secondary N) is 1. The fourth-order valence-electron chi connectivity index (χ4n) is 1.29. The normalized spacial score (nSPS) is 10.6. The molecular formula is C9H5FN6O. The topological polar surface area (TPSA) is 93.4 Å². The second-order valence-electron chi connectivity index (χ2n) is 3.11. The van der Waals surface area contributed by atoms with Gasteiger partial charge in [0.15, 0.2) is 11.6 Å². The first kappa shape index (κ1) is 9.58. The smallest absolute Gasteiger partial charge is 0.261 e. The minimum absolute atomic E-state index is 0.0660. The lowest BCUT2D eigenvalue weighted by Gasteiger charge is -1.93. The molecule has 0 spiro atoms. The lowest BCUT2D eigenvalue weighted by Crippen LogP contribution is -1.86. The van der Waals surface area contributed by atoms with Crippen molar-refractivity contribution in [1.82, 2.24) is 30.3 Å². The van der Waals surface area contributed by atoms with Crippen LogP contribution < -0.4 is 0 Å². The predicted molar refractivity (Wildman–Crippen MR) is 52.9 cm³/mol. The molecule has 0 saturated heterocycles. The zero-order valence-electron chi connectivity index (χ0n) is 8.33. The Labute approximate surface area is 93.7 Å². The van der Waals surface area contributed by atoms with Crippen LogP contribution in [0.15, 0.2) is 29.3 Å². The Morgan fingerprint density at radius 1 is 1.35 bits per heavy atom. The van der Waals surface area contributed by atoms with E-state index in [1.54, 1.807) is 0 Å². The van der Waals surface area contributed by atoms with Crippen molar-refractivity contribution in [3.05, 3.63) is 30.6 Å². The maximum Gasteiger partial charge on any atom is 0.261 e. The van der Waals surface area contributed by atoms with Gasteiger partial charge in [-0.2, -0.15) is 10.1 Å². The predicted octanol–water partition coefficient (Wildman–Crippen LogP) is 1.06. The van der Waals surface area contributed by atoms with E-state index in [2.05, 4.69) is 30.3 Å². The van der Waals surface area contributed by atoms with Crippen LogP contribution in [-0.4, -0.2) is 30.3 Å². The summed E-state index contributed by atoms with van der Waals surface area (Å²) in [7, 11) is 0. The van der Waals surface area contributed by atoms with Crippen LogP contribution in [0.1, 0.15) is 0 Å². The van der Waals surface area contributed by atoms with Gasteiger partial charge in [-0.15, -0.1) is 0 Å². The zero-order chi connectivity index (χ0) is 11.7. The van der Waals surface area contributed by atoms with Crippen LogP contribution in [0.5, 0.6) is 0 Å². The molecule has 0 amide bonds. The van der Waals surface area contributed by atoms with Crippen LogP contribution in [0.25, 0.3) is 23.1 Å². The van der Waals surface area contributed by atoms with E-state index in [1.807, 2.05) is 0 Å². The molecule has 0 aliphatic heterocycles. The number of hydrogen-bond donors (Lipinski definition) is 1. The van der Waals surface area contributed by atoms with Crippen molar-refractivity contribution < 1.29 is 8.91 Å². The highest BCUT2D eigenvalue weighted by molar-refractivity contribution is 5.55. The molecule has 3 rings (SSSR count). The lowest BCUT2D eigenvalue weighted by atomic mass is 10.2. The maximum absolute atomic E-state index is 13.4. The number of aromatic amines is 1. The first-order chi connectivity index (χ1) is 8.34. The van der Waals surface area contributed by atoms with E-state index >= 15 is 0 Å². The molecule has 0 aliphatic carbocycles. The van der Waals surface area contributed by atoms with Gasteiger partial charge in [0.05, 0.1) is 11.8 Å². The minimum Gasteiger partial charge on any atom is -0.333 e. The SMILES string of the molecule is Fc1cnccc1-c1nc(-c2ncn[nH]2)no1. The van der Waals surface area contributed by atoms with E-state index in [-0.39, 0.29) is 17.3 Å². The van der Waals surface area contributed by atoms with Crippen molar-refractivity contribution in [3.63, 3.8) is 0 Å². The van der Waals surface area contributed by atoms with Crippen LogP contribution in [0.4, 0.5) is 4.39 Å². The average molecular weight is 232 g/mol. The Kier molecular flexibility index (Phi) is 2.11. The molecule has 0 radical (unpaired) electrons. The first-order valence-electron chi connectivity index (χ1n) is 4.64. The largest absolute Gasteiger partial charge is 0.333 e. The van der Waals surface area contributed by atoms with Crippen molar-refractivity contribution in [2.24, 2.45) is 0 Å². The number of nitrogens with zero attached hydrogens (tertiary/aromatic N) is 5. The molecule has 0 unspecified atom stereocenters. The number of H-pyrrole nitrogens is 1. The Balaban J connectivity index is 2.04. The van der Waals surface area contributed by atoms with E-state index in [0.717, 1.165) is 6.20 Å². The molecule has 1 N–H and O–H groups in total. The van der Waals surface area contributed by atoms with Crippen LogP contribution in [0, 0.1) is 5.82 Å². The Morgan fingerprint density at radius 3 is 3.06 bits per heavy atom. The standard InChI is InChI=1S/C9H5FN6O/c10-6-3-11-2-1-5(6)9-14-8(16-17-9)7-12-4-13-15-7/h1-4H,(H,12,13,15). The molecule has 0 atom stereocenters. The van der Waals surface area contributed by atoms with Gasteiger partial charge in [0.2, 0.25) is 5.82 Å². The van der Waals surface area contributed by atoms with Gasteiger partial charge in [0, 0.05) is 6.20 Å². The summed E-state index contributed by atoms with van der Waals surface area (Å²) in [6, 6.07) is 1.45. The van der Waals surface area contributed by atoms with Gasteiger partial charge in [-0.1, -0.05) is 5.16 Å². The molecule has 7 nitrogen and oxygen atoms in total. The van der Waals surface area contributed by atoms with Gasteiger partial charge in [0.25, 0.3) is 5.89 Å². The Bertz CT molecular complexity index is 634. The molecule has 0 aromatic carbocycles. The third-order valence-corrected chi connectivity index (χ3v) is 2.06. The van der Waals surface area contributed by atoms with Gasteiger partial charge in [0.1, 0.15) is 6.33 Å². The van der Waals surface area contributed by atoms with E-state index in [0.29, 0.717) is 5.82 Å². The molecule has 84 valence electrons. The first-order valence-corrected chi connectivity index (χ1v) is 4.64. The minimum atomic E-state index is -0.528. The van der Waals surface area contributed by atoms with E-state index in [4.69, 9.17) is 4.52 Å². The highest BCUT2D eigenvalue weighted by Crippen LogP contribution is 2.21. The summed E-state index contributed by atoms with van der Waals surface area (Å²) in [5.74, 6) is 0.111. The highest BCUT2D eigenvalue weighted by atomic mass is 19.1. The van der Waals surface area contributed by atoms with Crippen molar-refractivity contribution in [2.75, 3.05) is 0 Å². The number of rotatable bonds is 2. The fourth-order valence-corrected chi connectivity index (χ4v) is 1.29. The van der Waals surface area contributed by atoms with Crippen LogP contribution in [-0.2, 0) is 0 Å². The Hall–Kier alpha value is -2.64. The summed E-state index contributed by atoms with van der Waals surface area (Å²) in [5, 5.41) is 9.91. The highest BCUT2D eigenvalue weighted by Gasteiger charge is 2.15. The summed E-state index contributed by atoms with van der Waals surface area (Å²) in [6.07, 6.45) is 3.84. The van der Waals surface area contributed by atoms with Crippen molar-refractivity contribution in [3.8, 4) is 23.1 Å². The average Bonchev–Trinajstić information content (AvgIpc) is 3.00. The second kappa shape index (κ2) is 3.74. The van der Waals surface area contributed by atoms with Crippen LogP contribution >= 0.6 is 0 Å². The summed E-state index contributed by atoms with van der Waals surface area (Å²) >= 11 is 0. The molecule has 3 aromatic rings. The van der Waals surface area contributed by atoms with Gasteiger partial charge < -0.3 is 4.52 Å². The molecule has 3 heterocycles. The van der Waals surface area contributed by atoms with E-state index < -0.39 is 5.82 Å². The monoisotopic (exact) mass is 232 g/mol. The molecule has 17 heavy (non-hydrogen) atoms. The van der Waals surface area contributed by atoms with Crippen molar-refractivity contribution >= 4 is 0 Å². The molecule has 0 aliphatic rings. The molecule has 8 heteroatoms. The molecule has 3 aromatic heterocycles. The van der Waals surface area contributed by atoms with E-state index in [9.17, 15) is 4.39 Å². The van der Waals surface area contributed by atoms with E-state index in [1.165, 1.54) is 18.6 Å². The zero-order valence-corrected chi connectivity index (χ0v) is 8.33. The summed E-state index contributed by atoms with van der Waals surface area (Å²) in [6.45, 7) is 0. The van der Waals surface area contributed by atoms with Gasteiger partial charge in [-0.3, -0.25) is 10.1 Å². The van der Waals surface area contributed by atoms with Crippen LogP contribution in [0.3, 0.4) is 0 Å². The number of aromatic nitrogens is 6. The maximum atomic E-state index is 13.4. The Morgan fingerprint density at radius 2 is 2.29 bits per heavy atom. The fraction of sp³-hybridized carbons (Fsp3) is 0. The number of pyridine rings is 1. The summed E-state index contributed by atoms with van der Waals surface area (Å²) in [4.78, 5) is 11.5. The molecule has 0 saturated carbocycles. The quantitative estimate of drug-likeness (QED) is 0.709. The van der Waals surface area contributed by atoms with Crippen molar-refractivity contribution in [2.45, 2.75) is 0 Å². The number of hydrogen-bond acceptors (Lipinski definition) is 6. The third-order valence-electron chi connectivity index (χ3n) is 2.06. The molecule has 0 bridgehead atoms. The summed E-state index contributed by atoms with van der Waals surface area (Å²) in [5.41, 5.74) is 0.193. The third kappa shape index (κ3) is 1.65. The molecule has 0 fully saturated rings. The molecular weight excluding hydrogens is 227 g/mol. The van der Waals surface area contributed by atoms with Gasteiger partial charge >= 0.3 is 0 Å². The number of halogens is 1. The van der Waals surface area contributed by atoms with Crippen LogP contribution in [0.2, 0.25) is 0 Å². The van der Waals surface area contributed by atoms with Crippen molar-refractivity contribution in [1.29, 1.82) is 0 Å². The second-order valence-corrected chi connectivity index (χ2v) is 3.11. The van der Waals surface area contributed by atoms with Gasteiger partial charge in [-0.05, 0) is 6.07 Å². The lowest BCUT2D eigenvalue weighted by molar-refractivity contribution is 0.429. The van der Waals surface area contributed by atoms with Gasteiger partial charge in [-0.25, -0.2) is 9.37 Å². The summed E-state index contributed by atoms with van der Waals surface area (Å²) < 4.78 is 18.3.